The minimum Gasteiger partial charge on any atom is -0.387 e. The second-order valence-corrected chi connectivity index (χ2v) is 10.2. The second-order valence-electron chi connectivity index (χ2n) is 9.04. The van der Waals surface area contributed by atoms with Crippen LogP contribution in [0, 0.1) is 5.92 Å². The van der Waals surface area contributed by atoms with Crippen LogP contribution >= 0.6 is 11.8 Å². The molecule has 1 aromatic heterocycles. The molecule has 0 amide bonds. The summed E-state index contributed by atoms with van der Waals surface area (Å²) < 4.78 is 1.89. The molecule has 0 bridgehead atoms. The molecule has 2 aromatic carbocycles. The van der Waals surface area contributed by atoms with Gasteiger partial charge >= 0.3 is 5.69 Å². The van der Waals surface area contributed by atoms with Crippen molar-refractivity contribution in [3.05, 3.63) is 64.1 Å². The zero-order chi connectivity index (χ0) is 21.4. The maximum absolute atomic E-state index is 12.4. The summed E-state index contributed by atoms with van der Waals surface area (Å²) in [5, 5.41) is 11.1. The molecule has 3 aromatic rings. The van der Waals surface area contributed by atoms with Gasteiger partial charge in [-0.05, 0) is 86.7 Å². The minimum absolute atomic E-state index is 0.0157. The van der Waals surface area contributed by atoms with Crippen molar-refractivity contribution in [2.24, 2.45) is 5.92 Å². The monoisotopic (exact) mass is 437 g/mol. The molecule has 31 heavy (non-hydrogen) atoms. The Balaban J connectivity index is 1.22. The molecule has 5 rings (SSSR count). The minimum atomic E-state index is -0.468. The molecule has 1 saturated heterocycles. The molecule has 2 N–H and O–H groups in total. The van der Waals surface area contributed by atoms with Crippen molar-refractivity contribution >= 4 is 22.8 Å². The number of aryl methyl sites for hydroxylation is 1. The maximum Gasteiger partial charge on any atom is 0.326 e. The van der Waals surface area contributed by atoms with E-state index in [4.69, 9.17) is 0 Å². The molecule has 3 heterocycles. The first kappa shape index (κ1) is 20.9. The van der Waals surface area contributed by atoms with Crippen LogP contribution in [0.25, 0.3) is 11.0 Å². The quantitative estimate of drug-likeness (QED) is 0.628. The average Bonchev–Trinajstić information content (AvgIpc) is 3.13. The molecule has 0 radical (unpaired) electrons. The number of nitrogens with one attached hydrogen (secondary N) is 1. The maximum atomic E-state index is 12.4. The van der Waals surface area contributed by atoms with Crippen molar-refractivity contribution in [1.29, 1.82) is 0 Å². The molecule has 2 unspecified atom stereocenters. The molecule has 0 spiro atoms. The van der Waals surface area contributed by atoms with Crippen molar-refractivity contribution in [3.63, 3.8) is 0 Å². The zero-order valence-electron chi connectivity index (χ0n) is 18.1. The number of H-pyrrole nitrogens is 1. The van der Waals surface area contributed by atoms with E-state index in [2.05, 4.69) is 35.0 Å². The van der Waals surface area contributed by atoms with Crippen LogP contribution in [0.4, 0.5) is 0 Å². The Hall–Kier alpha value is -2.02. The van der Waals surface area contributed by atoms with Gasteiger partial charge in [0, 0.05) is 17.5 Å². The summed E-state index contributed by atoms with van der Waals surface area (Å²) in [6.45, 7) is 4.82. The summed E-state index contributed by atoms with van der Waals surface area (Å²) in [5.74, 6) is 1.68. The predicted molar refractivity (Wildman–Crippen MR) is 127 cm³/mol. The number of para-hydroxylation sites is 2. The molecular formula is C25H31N3O2S. The van der Waals surface area contributed by atoms with E-state index < -0.39 is 6.10 Å². The Morgan fingerprint density at radius 2 is 2.00 bits per heavy atom. The third-order valence-electron chi connectivity index (χ3n) is 7.08. The van der Waals surface area contributed by atoms with Crippen molar-refractivity contribution in [3.8, 4) is 0 Å². The van der Waals surface area contributed by atoms with Crippen molar-refractivity contribution < 1.29 is 5.11 Å². The fraction of sp³-hybridized carbons (Fsp3) is 0.480. The summed E-state index contributed by atoms with van der Waals surface area (Å²) >= 11 is 1.93. The van der Waals surface area contributed by atoms with Crippen LogP contribution in [-0.4, -0.2) is 44.4 Å². The molecule has 2 atom stereocenters. The number of thioether (sulfide) groups is 1. The third kappa shape index (κ3) is 4.21. The Labute approximate surface area is 187 Å². The van der Waals surface area contributed by atoms with Gasteiger partial charge in [-0.3, -0.25) is 9.47 Å². The van der Waals surface area contributed by atoms with Gasteiger partial charge in [-0.1, -0.05) is 24.3 Å². The fourth-order valence-corrected chi connectivity index (χ4v) is 6.15. The van der Waals surface area contributed by atoms with E-state index in [1.54, 1.807) is 0 Å². The fourth-order valence-electron chi connectivity index (χ4n) is 5.13. The lowest BCUT2D eigenvalue weighted by Crippen LogP contribution is -2.43. The molecule has 0 saturated carbocycles. The summed E-state index contributed by atoms with van der Waals surface area (Å²) in [5.41, 5.74) is 4.32. The number of rotatable bonds is 5. The zero-order valence-corrected chi connectivity index (χ0v) is 18.9. The SMILES string of the molecule is CC(C(O)c1ccc2c(c1)CCCS2)N1CCC(Cn2c(=O)[nH]c3ccccc32)CC1. The van der Waals surface area contributed by atoms with E-state index in [-0.39, 0.29) is 11.7 Å². The lowest BCUT2D eigenvalue weighted by Gasteiger charge is -2.38. The number of imidazole rings is 1. The highest BCUT2D eigenvalue weighted by atomic mass is 32.2. The van der Waals surface area contributed by atoms with E-state index in [0.29, 0.717) is 5.92 Å². The molecule has 1 fully saturated rings. The van der Waals surface area contributed by atoms with E-state index in [0.717, 1.165) is 55.5 Å². The topological polar surface area (TPSA) is 61.3 Å². The molecule has 6 heteroatoms. The number of hydrogen-bond acceptors (Lipinski definition) is 4. The van der Waals surface area contributed by atoms with Gasteiger partial charge in [-0.25, -0.2) is 4.79 Å². The molecule has 2 aliphatic rings. The van der Waals surface area contributed by atoms with Crippen molar-refractivity contribution in [2.75, 3.05) is 18.8 Å². The number of hydrogen-bond donors (Lipinski definition) is 2. The number of aliphatic hydroxyl groups is 1. The Kier molecular flexibility index (Phi) is 5.95. The first-order valence-corrected chi connectivity index (χ1v) is 12.4. The number of aromatic nitrogens is 2. The largest absolute Gasteiger partial charge is 0.387 e. The highest BCUT2D eigenvalue weighted by molar-refractivity contribution is 7.99. The van der Waals surface area contributed by atoms with Crippen LogP contribution in [-0.2, 0) is 13.0 Å². The van der Waals surface area contributed by atoms with E-state index in [1.165, 1.54) is 22.6 Å². The number of likely N-dealkylation sites (tertiary alicyclic amines) is 1. The Morgan fingerprint density at radius 3 is 2.84 bits per heavy atom. The average molecular weight is 438 g/mol. The van der Waals surface area contributed by atoms with Crippen LogP contribution in [0.5, 0.6) is 0 Å². The second kappa shape index (κ2) is 8.85. The number of piperidine rings is 1. The van der Waals surface area contributed by atoms with Crippen LogP contribution < -0.4 is 5.69 Å². The number of aliphatic hydroxyl groups excluding tert-OH is 1. The molecular weight excluding hydrogens is 406 g/mol. The summed E-state index contributed by atoms with van der Waals surface area (Å²) in [6.07, 6.45) is 3.97. The van der Waals surface area contributed by atoms with Crippen LogP contribution in [0.1, 0.15) is 43.4 Å². The smallest absolute Gasteiger partial charge is 0.326 e. The number of aromatic amines is 1. The normalized spacial score (nSPS) is 19.9. The van der Waals surface area contributed by atoms with E-state index in [1.807, 2.05) is 40.6 Å². The Bertz CT molecular complexity index is 1110. The highest BCUT2D eigenvalue weighted by Gasteiger charge is 2.28. The summed E-state index contributed by atoms with van der Waals surface area (Å²) in [7, 11) is 0. The summed E-state index contributed by atoms with van der Waals surface area (Å²) in [6, 6.07) is 14.5. The van der Waals surface area contributed by atoms with Gasteiger partial charge in [0.25, 0.3) is 0 Å². The van der Waals surface area contributed by atoms with Crippen molar-refractivity contribution in [2.45, 2.75) is 56.2 Å². The Morgan fingerprint density at radius 1 is 1.19 bits per heavy atom. The first-order valence-electron chi connectivity index (χ1n) is 11.5. The van der Waals surface area contributed by atoms with E-state index in [9.17, 15) is 9.90 Å². The molecule has 164 valence electrons. The predicted octanol–water partition coefficient (Wildman–Crippen LogP) is 4.20. The van der Waals surface area contributed by atoms with Gasteiger partial charge < -0.3 is 10.1 Å². The third-order valence-corrected chi connectivity index (χ3v) is 8.28. The van der Waals surface area contributed by atoms with Gasteiger partial charge in [0.1, 0.15) is 0 Å². The molecule has 5 nitrogen and oxygen atoms in total. The van der Waals surface area contributed by atoms with Gasteiger partial charge in [0.15, 0.2) is 0 Å². The van der Waals surface area contributed by atoms with Crippen LogP contribution in [0.15, 0.2) is 52.2 Å². The highest BCUT2D eigenvalue weighted by Crippen LogP contribution is 2.33. The number of nitrogens with zero attached hydrogens (tertiary/aromatic N) is 2. The first-order chi connectivity index (χ1) is 15.1. The number of fused-ring (bicyclic) bond motifs is 2. The van der Waals surface area contributed by atoms with Gasteiger partial charge in [-0.2, -0.15) is 0 Å². The van der Waals surface area contributed by atoms with Gasteiger partial charge in [-0.15, -0.1) is 11.8 Å². The van der Waals surface area contributed by atoms with E-state index >= 15 is 0 Å². The van der Waals surface area contributed by atoms with Crippen LogP contribution in [0.3, 0.4) is 0 Å². The standard InChI is InChI=1S/C25H31N3O2S/c1-17(24(29)20-8-9-23-19(15-20)5-4-14-31-23)27-12-10-18(11-13-27)16-28-22-7-3-2-6-21(22)26-25(28)30/h2-3,6-9,15,17-18,24,29H,4-5,10-14,16H2,1H3,(H,26,30). The lowest BCUT2D eigenvalue weighted by molar-refractivity contribution is 0.0355. The number of benzene rings is 2. The molecule has 2 aliphatic heterocycles. The van der Waals surface area contributed by atoms with Crippen LogP contribution in [0.2, 0.25) is 0 Å². The molecule has 0 aliphatic carbocycles. The van der Waals surface area contributed by atoms with Crippen molar-refractivity contribution in [1.82, 2.24) is 14.5 Å². The summed E-state index contributed by atoms with van der Waals surface area (Å²) in [4.78, 5) is 19.1. The lowest BCUT2D eigenvalue weighted by atomic mass is 9.93. The van der Waals surface area contributed by atoms with Gasteiger partial charge in [0.05, 0.1) is 17.1 Å². The van der Waals surface area contributed by atoms with Gasteiger partial charge in [0.2, 0.25) is 0 Å².